The van der Waals surface area contributed by atoms with Crippen molar-refractivity contribution in [1.82, 2.24) is 23.9 Å². The molecule has 0 saturated carbocycles. The summed E-state index contributed by atoms with van der Waals surface area (Å²) in [6.07, 6.45) is 1.92. The van der Waals surface area contributed by atoms with Gasteiger partial charge in [0, 0.05) is 45.7 Å². The maximum absolute atomic E-state index is 6.42. The van der Waals surface area contributed by atoms with Crippen LogP contribution in [-0.2, 0) is 21.1 Å². The van der Waals surface area contributed by atoms with Gasteiger partial charge in [0.25, 0.3) is 0 Å². The van der Waals surface area contributed by atoms with E-state index in [9.17, 15) is 0 Å². The fourth-order valence-electron chi connectivity index (χ4n) is 7.43. The van der Waals surface area contributed by atoms with Crippen LogP contribution in [0.4, 0.5) is 0 Å². The van der Waals surface area contributed by atoms with Crippen LogP contribution in [0.5, 0.6) is 11.5 Å². The van der Waals surface area contributed by atoms with Crippen LogP contribution in [0.2, 0.25) is 0 Å². The minimum atomic E-state index is 0. The van der Waals surface area contributed by atoms with Gasteiger partial charge in [-0.15, -0.1) is 35.7 Å². The Morgan fingerprint density at radius 3 is 2.00 bits per heavy atom. The van der Waals surface area contributed by atoms with Crippen molar-refractivity contribution in [3.05, 3.63) is 149 Å². The second-order valence-corrected chi connectivity index (χ2v) is 13.3. The summed E-state index contributed by atoms with van der Waals surface area (Å²) in [7, 11) is 0. The Morgan fingerprint density at radius 1 is 0.608 bits per heavy atom. The van der Waals surface area contributed by atoms with E-state index in [1.807, 2.05) is 49.0 Å². The first-order valence-corrected chi connectivity index (χ1v) is 16.9. The van der Waals surface area contributed by atoms with Gasteiger partial charge in [0.1, 0.15) is 5.82 Å². The molecule has 0 radical (unpaired) electrons. The molecule has 0 saturated heterocycles. The molecule has 4 heterocycles. The minimum Gasteiger partial charge on any atom is -0.509 e. The summed E-state index contributed by atoms with van der Waals surface area (Å²) >= 11 is 0. The maximum Gasteiger partial charge on any atom is 2.00 e. The molecule has 9 aromatic rings. The molecule has 0 aliphatic rings. The van der Waals surface area contributed by atoms with Crippen LogP contribution in [0.15, 0.2) is 103 Å². The number of aromatic nitrogens is 5. The average Bonchev–Trinajstić information content (AvgIpc) is 3.76. The van der Waals surface area contributed by atoms with E-state index in [0.717, 1.165) is 50.4 Å². The number of para-hydroxylation sites is 1. The molecule has 51 heavy (non-hydrogen) atoms. The van der Waals surface area contributed by atoms with Crippen molar-refractivity contribution in [3.63, 3.8) is 0 Å². The zero-order valence-corrected chi connectivity index (χ0v) is 31.5. The fraction of sp³-hybridized carbons (Fsp3) is 0.136. The molecule has 9 rings (SSSR count). The van der Waals surface area contributed by atoms with Gasteiger partial charge in [0.2, 0.25) is 0 Å². The van der Waals surface area contributed by atoms with Crippen molar-refractivity contribution in [3.8, 4) is 28.7 Å². The van der Waals surface area contributed by atoms with Gasteiger partial charge in [-0.1, -0.05) is 48.0 Å². The number of fused-ring (bicyclic) bond motifs is 6. The number of nitrogens with zero attached hydrogens (tertiary/aromatic N) is 5. The topological polar surface area (TPSA) is 49.8 Å². The van der Waals surface area contributed by atoms with Gasteiger partial charge < -0.3 is 13.9 Å². The number of ether oxygens (including phenoxy) is 1. The molecule has 0 aliphatic carbocycles. The summed E-state index contributed by atoms with van der Waals surface area (Å²) in [5, 5.41) is 9.35. The molecule has 7 heteroatoms. The van der Waals surface area contributed by atoms with Gasteiger partial charge in [0.05, 0.1) is 22.4 Å². The third-order valence-corrected chi connectivity index (χ3v) is 10.1. The largest absolute Gasteiger partial charge is 2.00 e. The van der Waals surface area contributed by atoms with Crippen molar-refractivity contribution < 1.29 is 25.8 Å². The zero-order chi connectivity index (χ0) is 34.3. The predicted octanol–water partition coefficient (Wildman–Crippen LogP) is 10.7. The van der Waals surface area contributed by atoms with Crippen molar-refractivity contribution in [2.75, 3.05) is 0 Å². The first-order chi connectivity index (χ1) is 24.3. The van der Waals surface area contributed by atoms with E-state index >= 15 is 0 Å². The third kappa shape index (κ3) is 5.20. The van der Waals surface area contributed by atoms with E-state index in [4.69, 9.17) is 9.72 Å². The second kappa shape index (κ2) is 12.4. The van der Waals surface area contributed by atoms with Crippen LogP contribution in [0.1, 0.15) is 33.6 Å². The van der Waals surface area contributed by atoms with Gasteiger partial charge in [-0.3, -0.25) is 4.68 Å². The van der Waals surface area contributed by atoms with Crippen LogP contribution in [0, 0.1) is 53.7 Å². The van der Waals surface area contributed by atoms with Crippen molar-refractivity contribution in [2.45, 2.75) is 41.5 Å². The average molecular weight is 845 g/mol. The van der Waals surface area contributed by atoms with Crippen molar-refractivity contribution >= 4 is 43.6 Å². The van der Waals surface area contributed by atoms with E-state index in [1.165, 1.54) is 44.1 Å². The fourth-order valence-corrected chi connectivity index (χ4v) is 7.43. The Bertz CT molecular complexity index is 2750. The molecular weight excluding hydrogens is 810 g/mol. The molecule has 6 nitrogen and oxygen atoms in total. The second-order valence-electron chi connectivity index (χ2n) is 13.3. The Labute approximate surface area is 311 Å². The smallest absolute Gasteiger partial charge is 0.509 e. The number of hydrogen-bond acceptors (Lipinski definition) is 3. The van der Waals surface area contributed by atoms with E-state index < -0.39 is 0 Å². The van der Waals surface area contributed by atoms with E-state index in [0.29, 0.717) is 11.5 Å². The number of hydrogen-bond donors (Lipinski definition) is 0. The number of rotatable bonds is 5. The molecule has 252 valence electrons. The quantitative estimate of drug-likeness (QED) is 0.162. The predicted molar refractivity (Wildman–Crippen MR) is 203 cm³/mol. The van der Waals surface area contributed by atoms with Gasteiger partial charge in [-0.05, 0) is 93.1 Å². The Morgan fingerprint density at radius 2 is 1.29 bits per heavy atom. The summed E-state index contributed by atoms with van der Waals surface area (Å²) in [6, 6.07) is 40.7. The first-order valence-electron chi connectivity index (χ1n) is 16.9. The van der Waals surface area contributed by atoms with Crippen LogP contribution >= 0.6 is 0 Å². The monoisotopic (exact) mass is 844 g/mol. The van der Waals surface area contributed by atoms with Crippen molar-refractivity contribution in [1.29, 1.82) is 0 Å². The van der Waals surface area contributed by atoms with Crippen molar-refractivity contribution in [2.24, 2.45) is 0 Å². The maximum atomic E-state index is 6.42. The molecular formula is C44H35N5OPt. The SMILES string of the molecule is Cc1cc(C)n(-c2[c-]c(Oc3[c-]c4c(cc3)c3ccccc3n4-c3cc(-n4c5c(C)c(C)ccc5c5ccc(C)c(C)c54)ccn3)ccc2)n1.[Pt+2]. The Hall–Kier alpha value is -5.45. The molecule has 4 aromatic heterocycles. The van der Waals surface area contributed by atoms with E-state index in [-0.39, 0.29) is 21.1 Å². The molecule has 0 amide bonds. The molecule has 0 spiro atoms. The Kier molecular flexibility index (Phi) is 7.96. The summed E-state index contributed by atoms with van der Waals surface area (Å²) in [4.78, 5) is 4.97. The molecule has 0 bridgehead atoms. The summed E-state index contributed by atoms with van der Waals surface area (Å²) in [5.74, 6) is 2.00. The molecule has 0 N–H and O–H groups in total. The van der Waals surface area contributed by atoms with E-state index in [1.54, 1.807) is 0 Å². The molecule has 0 aliphatic heterocycles. The number of benzene rings is 5. The van der Waals surface area contributed by atoms with E-state index in [2.05, 4.69) is 127 Å². The van der Waals surface area contributed by atoms with Crippen LogP contribution in [0.25, 0.3) is 60.8 Å². The standard InChI is InChI=1S/C44H35N5O.Pt/c1-26-14-17-38-39-18-15-27(2)31(6)44(39)47(43(38)30(26)5)32-20-21-45-42(24-32)48-40-13-8-7-12-36(40)37-19-16-35(25-41(37)48)50-34-11-9-10-33(23-34)49-29(4)22-28(3)46-49;/h7-22,24H,1-6H3;/q-2;+2. The number of pyridine rings is 1. The molecule has 0 atom stereocenters. The summed E-state index contributed by atoms with van der Waals surface area (Å²) in [5.41, 5.74) is 13.4. The van der Waals surface area contributed by atoms with Gasteiger partial charge in [-0.2, -0.15) is 17.2 Å². The molecule has 0 fully saturated rings. The molecule has 0 unspecified atom stereocenters. The van der Waals surface area contributed by atoms with Gasteiger partial charge in [-0.25, -0.2) is 4.98 Å². The van der Waals surface area contributed by atoms with Crippen LogP contribution < -0.4 is 4.74 Å². The van der Waals surface area contributed by atoms with Crippen LogP contribution in [0.3, 0.4) is 0 Å². The Balaban J connectivity index is 0.00000374. The normalized spacial score (nSPS) is 11.6. The first kappa shape index (κ1) is 32.7. The minimum absolute atomic E-state index is 0. The zero-order valence-electron chi connectivity index (χ0n) is 29.3. The van der Waals surface area contributed by atoms with Gasteiger partial charge >= 0.3 is 21.1 Å². The van der Waals surface area contributed by atoms with Gasteiger partial charge in [0.15, 0.2) is 0 Å². The third-order valence-electron chi connectivity index (χ3n) is 10.1. The van der Waals surface area contributed by atoms with Crippen LogP contribution in [-0.4, -0.2) is 23.9 Å². The molecule has 5 aromatic carbocycles. The summed E-state index contributed by atoms with van der Waals surface area (Å²) < 4.78 is 12.9. The summed E-state index contributed by atoms with van der Waals surface area (Å²) in [6.45, 7) is 12.9. The number of aryl methyl sites for hydroxylation is 6.